The number of hydrogen-bond acceptors (Lipinski definition) is 2. The van der Waals surface area contributed by atoms with Gasteiger partial charge in [0.2, 0.25) is 0 Å². The van der Waals surface area contributed by atoms with Gasteiger partial charge in [-0.25, -0.2) is 0 Å². The standard InChI is InChI=1S/C32H34O2/c1-5-23-18-27(28(6-2)25-15-11-8-12-16-25)20-30(32(23)34)29-19-26(17-21(3)31(29)33)22(4)24-13-9-7-10-14-24/h7-20,22,28,33-34H,5-6H2,1-4H3. The summed E-state index contributed by atoms with van der Waals surface area (Å²) in [6, 6.07) is 29.2. The van der Waals surface area contributed by atoms with E-state index >= 15 is 0 Å². The van der Waals surface area contributed by atoms with Crippen LogP contribution < -0.4 is 0 Å². The molecular weight excluding hydrogens is 416 g/mol. The van der Waals surface area contributed by atoms with Crippen LogP contribution in [-0.2, 0) is 6.42 Å². The SMILES string of the molecule is CCc1cc(C(CC)c2ccccc2)cc(-c2cc(C(C)c3ccccc3)cc(C)c2O)c1O. The van der Waals surface area contributed by atoms with Gasteiger partial charge in [-0.2, -0.15) is 0 Å². The maximum Gasteiger partial charge on any atom is 0.126 e. The van der Waals surface area contributed by atoms with Gasteiger partial charge in [0.25, 0.3) is 0 Å². The maximum atomic E-state index is 11.2. The lowest BCUT2D eigenvalue weighted by atomic mass is 9.84. The van der Waals surface area contributed by atoms with E-state index in [2.05, 4.69) is 87.5 Å². The lowest BCUT2D eigenvalue weighted by molar-refractivity contribution is 0.463. The van der Waals surface area contributed by atoms with Gasteiger partial charge in [0, 0.05) is 23.0 Å². The van der Waals surface area contributed by atoms with Gasteiger partial charge in [-0.3, -0.25) is 0 Å². The van der Waals surface area contributed by atoms with Crippen molar-refractivity contribution in [3.8, 4) is 22.6 Å². The molecule has 2 atom stereocenters. The Morgan fingerprint density at radius 2 is 1.21 bits per heavy atom. The molecule has 4 aromatic rings. The first-order chi connectivity index (χ1) is 16.4. The summed E-state index contributed by atoms with van der Waals surface area (Å²) in [5, 5.41) is 22.4. The highest BCUT2D eigenvalue weighted by Crippen LogP contribution is 2.44. The largest absolute Gasteiger partial charge is 0.507 e. The zero-order chi connectivity index (χ0) is 24.2. The second-order valence-electron chi connectivity index (χ2n) is 9.17. The van der Waals surface area contributed by atoms with Crippen LogP contribution in [0, 0.1) is 6.92 Å². The average molecular weight is 451 g/mol. The predicted octanol–water partition coefficient (Wildman–Crippen LogP) is 8.33. The number of aryl methyl sites for hydroxylation is 2. The summed E-state index contributed by atoms with van der Waals surface area (Å²) >= 11 is 0. The van der Waals surface area contributed by atoms with Gasteiger partial charge in [0.15, 0.2) is 0 Å². The van der Waals surface area contributed by atoms with Crippen molar-refractivity contribution in [1.82, 2.24) is 0 Å². The van der Waals surface area contributed by atoms with Crippen LogP contribution in [0.1, 0.15) is 72.4 Å². The van der Waals surface area contributed by atoms with Crippen LogP contribution in [0.2, 0.25) is 0 Å². The van der Waals surface area contributed by atoms with Crippen molar-refractivity contribution in [2.75, 3.05) is 0 Å². The van der Waals surface area contributed by atoms with Gasteiger partial charge in [-0.05, 0) is 65.3 Å². The molecule has 0 aliphatic rings. The minimum atomic E-state index is 0.169. The first-order valence-corrected chi connectivity index (χ1v) is 12.2. The van der Waals surface area contributed by atoms with Crippen LogP contribution in [0.3, 0.4) is 0 Å². The predicted molar refractivity (Wildman–Crippen MR) is 142 cm³/mol. The molecule has 4 aromatic carbocycles. The summed E-state index contributed by atoms with van der Waals surface area (Å²) in [7, 11) is 0. The van der Waals surface area contributed by atoms with Crippen molar-refractivity contribution >= 4 is 0 Å². The third-order valence-electron chi connectivity index (χ3n) is 7.02. The Bertz CT molecular complexity index is 1260. The Morgan fingerprint density at radius 3 is 1.79 bits per heavy atom. The second-order valence-corrected chi connectivity index (χ2v) is 9.17. The summed E-state index contributed by atoms with van der Waals surface area (Å²) in [4.78, 5) is 0. The Balaban J connectivity index is 1.88. The van der Waals surface area contributed by atoms with Gasteiger partial charge in [0.05, 0.1) is 0 Å². The lowest BCUT2D eigenvalue weighted by Gasteiger charge is -2.22. The quantitative estimate of drug-likeness (QED) is 0.297. The first kappa shape index (κ1) is 23.6. The van der Waals surface area contributed by atoms with E-state index in [0.29, 0.717) is 11.1 Å². The minimum Gasteiger partial charge on any atom is -0.507 e. The van der Waals surface area contributed by atoms with Crippen LogP contribution in [0.15, 0.2) is 84.9 Å². The summed E-state index contributed by atoms with van der Waals surface area (Å²) in [5.41, 5.74) is 7.87. The molecule has 0 amide bonds. The monoisotopic (exact) mass is 450 g/mol. The molecule has 0 spiro atoms. The minimum absolute atomic E-state index is 0.169. The molecule has 2 heteroatoms. The number of phenolic OH excluding ortho intramolecular Hbond substituents is 2. The third-order valence-corrected chi connectivity index (χ3v) is 7.02. The molecule has 2 nitrogen and oxygen atoms in total. The summed E-state index contributed by atoms with van der Waals surface area (Å²) in [6.07, 6.45) is 1.67. The van der Waals surface area contributed by atoms with Crippen molar-refractivity contribution in [3.63, 3.8) is 0 Å². The van der Waals surface area contributed by atoms with Crippen LogP contribution in [0.5, 0.6) is 11.5 Å². The van der Waals surface area contributed by atoms with Crippen LogP contribution in [0.25, 0.3) is 11.1 Å². The highest BCUT2D eigenvalue weighted by atomic mass is 16.3. The fourth-order valence-corrected chi connectivity index (χ4v) is 4.94. The molecule has 0 saturated carbocycles. The topological polar surface area (TPSA) is 40.5 Å². The molecular formula is C32H34O2. The molecule has 0 aliphatic heterocycles. The molecule has 2 N–H and O–H groups in total. The van der Waals surface area contributed by atoms with Crippen LogP contribution in [-0.4, -0.2) is 10.2 Å². The summed E-state index contributed by atoms with van der Waals surface area (Å²) < 4.78 is 0. The zero-order valence-electron chi connectivity index (χ0n) is 20.5. The smallest absolute Gasteiger partial charge is 0.126 e. The van der Waals surface area contributed by atoms with Crippen molar-refractivity contribution in [1.29, 1.82) is 0 Å². The van der Waals surface area contributed by atoms with Crippen molar-refractivity contribution < 1.29 is 10.2 Å². The van der Waals surface area contributed by atoms with Gasteiger partial charge >= 0.3 is 0 Å². The maximum absolute atomic E-state index is 11.2. The Labute approximate surface area is 203 Å². The Kier molecular flexibility index (Phi) is 7.07. The van der Waals surface area contributed by atoms with Gasteiger partial charge in [-0.15, -0.1) is 0 Å². The van der Waals surface area contributed by atoms with E-state index in [1.165, 1.54) is 11.1 Å². The number of benzene rings is 4. The molecule has 4 rings (SSSR count). The number of aromatic hydroxyl groups is 2. The fraction of sp³-hybridized carbons (Fsp3) is 0.250. The molecule has 34 heavy (non-hydrogen) atoms. The third kappa shape index (κ3) is 4.59. The van der Waals surface area contributed by atoms with Gasteiger partial charge < -0.3 is 10.2 Å². The van der Waals surface area contributed by atoms with E-state index in [0.717, 1.165) is 35.1 Å². The highest BCUT2D eigenvalue weighted by molar-refractivity contribution is 5.79. The van der Waals surface area contributed by atoms with Crippen LogP contribution in [0.4, 0.5) is 0 Å². The molecule has 2 unspecified atom stereocenters. The molecule has 174 valence electrons. The van der Waals surface area contributed by atoms with Crippen molar-refractivity contribution in [2.45, 2.75) is 52.4 Å². The van der Waals surface area contributed by atoms with E-state index in [4.69, 9.17) is 0 Å². The molecule has 0 saturated heterocycles. The fourth-order valence-electron chi connectivity index (χ4n) is 4.94. The van der Waals surface area contributed by atoms with E-state index in [9.17, 15) is 10.2 Å². The normalized spacial score (nSPS) is 12.9. The molecule has 0 radical (unpaired) electrons. The number of rotatable bonds is 7. The van der Waals surface area contributed by atoms with E-state index < -0.39 is 0 Å². The molecule has 0 aromatic heterocycles. The summed E-state index contributed by atoms with van der Waals surface area (Å²) in [6.45, 7) is 8.37. The zero-order valence-corrected chi connectivity index (χ0v) is 20.5. The van der Waals surface area contributed by atoms with Crippen molar-refractivity contribution in [3.05, 3.63) is 118 Å². The lowest BCUT2D eigenvalue weighted by Crippen LogP contribution is -2.02. The molecule has 0 aliphatic carbocycles. The van der Waals surface area contributed by atoms with E-state index in [1.807, 2.05) is 25.1 Å². The number of hydrogen-bond donors (Lipinski definition) is 2. The first-order valence-electron chi connectivity index (χ1n) is 12.2. The highest BCUT2D eigenvalue weighted by Gasteiger charge is 2.21. The van der Waals surface area contributed by atoms with Gasteiger partial charge in [-0.1, -0.05) is 93.6 Å². The van der Waals surface area contributed by atoms with Crippen molar-refractivity contribution in [2.24, 2.45) is 0 Å². The summed E-state index contributed by atoms with van der Waals surface area (Å²) in [5.74, 6) is 0.878. The molecule has 0 bridgehead atoms. The van der Waals surface area contributed by atoms with E-state index in [1.54, 1.807) is 0 Å². The molecule has 0 heterocycles. The second kappa shape index (κ2) is 10.2. The number of phenols is 2. The molecule has 0 fully saturated rings. The van der Waals surface area contributed by atoms with Gasteiger partial charge in [0.1, 0.15) is 11.5 Å². The van der Waals surface area contributed by atoms with E-state index in [-0.39, 0.29) is 23.3 Å². The Morgan fingerprint density at radius 1 is 0.647 bits per heavy atom. The Hall–Kier alpha value is -3.52. The van der Waals surface area contributed by atoms with Crippen LogP contribution >= 0.6 is 0 Å². The average Bonchev–Trinajstić information content (AvgIpc) is 2.87.